The fourth-order valence-corrected chi connectivity index (χ4v) is 2.83. The van der Waals surface area contributed by atoms with Crippen LogP contribution < -0.4 is 11.5 Å². The largest absolute Gasteiger partial charge is 0.481 e. The molecule has 0 atom stereocenters. The molecule has 0 saturated heterocycles. The van der Waals surface area contributed by atoms with Gasteiger partial charge in [-0.25, -0.2) is 0 Å². The van der Waals surface area contributed by atoms with Crippen LogP contribution in [-0.2, 0) is 9.59 Å². The third kappa shape index (κ3) is 22.8. The number of carboxylic acids is 2. The molecular weight excluding hydrogens is 344 g/mol. The first kappa shape index (κ1) is 28.1. The molecular formula is C21H44N2O4. The molecule has 162 valence electrons. The van der Waals surface area contributed by atoms with Crippen LogP contribution in [-0.4, -0.2) is 35.2 Å². The first-order valence-corrected chi connectivity index (χ1v) is 10.9. The van der Waals surface area contributed by atoms with Gasteiger partial charge in [-0.3, -0.25) is 9.59 Å². The van der Waals surface area contributed by atoms with Crippen molar-refractivity contribution in [2.75, 3.05) is 13.1 Å². The molecule has 0 spiro atoms. The maximum atomic E-state index is 10.7. The van der Waals surface area contributed by atoms with E-state index in [1.807, 2.05) is 0 Å². The average molecular weight is 389 g/mol. The van der Waals surface area contributed by atoms with E-state index in [1.54, 1.807) is 0 Å². The molecule has 0 aliphatic heterocycles. The first-order chi connectivity index (χ1) is 13.0. The Morgan fingerprint density at radius 3 is 1.30 bits per heavy atom. The van der Waals surface area contributed by atoms with Gasteiger partial charge in [-0.15, -0.1) is 0 Å². The zero-order valence-corrected chi connectivity index (χ0v) is 17.5. The van der Waals surface area contributed by atoms with Crippen LogP contribution in [0.4, 0.5) is 0 Å². The van der Waals surface area contributed by atoms with E-state index in [1.165, 1.54) is 57.8 Å². The Kier molecular flexibility index (Phi) is 23.8. The van der Waals surface area contributed by atoms with Gasteiger partial charge in [0.2, 0.25) is 0 Å². The van der Waals surface area contributed by atoms with E-state index in [4.69, 9.17) is 21.7 Å². The van der Waals surface area contributed by atoms with Gasteiger partial charge >= 0.3 is 11.9 Å². The Bertz CT molecular complexity index is 318. The second kappa shape index (κ2) is 22.9. The second-order valence-electron chi connectivity index (χ2n) is 7.19. The number of carboxylic acid groups (broad SMARTS) is 2. The lowest BCUT2D eigenvalue weighted by atomic mass is 10.00. The molecule has 0 aromatic carbocycles. The van der Waals surface area contributed by atoms with E-state index in [0.717, 1.165) is 38.8 Å². The molecule has 0 rings (SSSR count). The van der Waals surface area contributed by atoms with Crippen LogP contribution in [0.3, 0.4) is 0 Å². The Labute approximate surface area is 166 Å². The molecule has 0 bridgehead atoms. The van der Waals surface area contributed by atoms with Crippen molar-refractivity contribution in [3.63, 3.8) is 0 Å². The molecule has 0 aliphatic rings. The minimum atomic E-state index is -1.23. The molecule has 0 unspecified atom stereocenters. The molecule has 6 N–H and O–H groups in total. The van der Waals surface area contributed by atoms with Crippen molar-refractivity contribution in [1.82, 2.24) is 0 Å². The summed E-state index contributed by atoms with van der Waals surface area (Å²) >= 11 is 0. The van der Waals surface area contributed by atoms with E-state index >= 15 is 0 Å². The van der Waals surface area contributed by atoms with E-state index in [-0.39, 0.29) is 6.42 Å². The standard InChI is InChI=1S/C15H28O4.C6H16N2/c1-2-3-4-5-6-7-8-9-10-11-12-13(14(16)17)15(18)19;7-5-3-1-2-4-6-8/h13H,2-12H2,1H3,(H,16,17)(H,18,19);1-8H2. The van der Waals surface area contributed by atoms with Crippen molar-refractivity contribution in [3.8, 4) is 0 Å². The van der Waals surface area contributed by atoms with Gasteiger partial charge in [-0.2, -0.15) is 0 Å². The van der Waals surface area contributed by atoms with Crippen LogP contribution in [0.15, 0.2) is 0 Å². The highest BCUT2D eigenvalue weighted by atomic mass is 16.4. The maximum absolute atomic E-state index is 10.7. The SMILES string of the molecule is CCCCCCCCCCCCC(C(=O)O)C(=O)O.NCCCCCCN. The van der Waals surface area contributed by atoms with Crippen molar-refractivity contribution in [3.05, 3.63) is 0 Å². The predicted molar refractivity (Wildman–Crippen MR) is 112 cm³/mol. The highest BCUT2D eigenvalue weighted by molar-refractivity contribution is 5.92. The van der Waals surface area contributed by atoms with Crippen molar-refractivity contribution >= 4 is 11.9 Å². The van der Waals surface area contributed by atoms with E-state index in [2.05, 4.69) is 6.92 Å². The summed E-state index contributed by atoms with van der Waals surface area (Å²) in [6.45, 7) is 3.86. The van der Waals surface area contributed by atoms with Crippen LogP contribution in [0.2, 0.25) is 0 Å². The molecule has 0 heterocycles. The third-order valence-electron chi connectivity index (χ3n) is 4.60. The summed E-state index contributed by atoms with van der Waals surface area (Å²) in [6.07, 6.45) is 16.7. The Balaban J connectivity index is 0. The molecule has 0 aromatic rings. The van der Waals surface area contributed by atoms with Crippen molar-refractivity contribution < 1.29 is 19.8 Å². The highest BCUT2D eigenvalue weighted by Crippen LogP contribution is 2.14. The quantitative estimate of drug-likeness (QED) is 0.201. The smallest absolute Gasteiger partial charge is 0.317 e. The summed E-state index contributed by atoms with van der Waals surface area (Å²) in [7, 11) is 0. The molecule has 27 heavy (non-hydrogen) atoms. The van der Waals surface area contributed by atoms with Crippen LogP contribution in [0.25, 0.3) is 0 Å². The van der Waals surface area contributed by atoms with Crippen LogP contribution in [0.1, 0.15) is 103 Å². The Morgan fingerprint density at radius 1 is 0.630 bits per heavy atom. The minimum absolute atomic E-state index is 0.251. The molecule has 0 saturated carbocycles. The number of unbranched alkanes of at least 4 members (excludes halogenated alkanes) is 12. The molecule has 6 heteroatoms. The number of hydrogen-bond acceptors (Lipinski definition) is 4. The maximum Gasteiger partial charge on any atom is 0.317 e. The fourth-order valence-electron chi connectivity index (χ4n) is 2.83. The van der Waals surface area contributed by atoms with Crippen molar-refractivity contribution in [2.24, 2.45) is 17.4 Å². The van der Waals surface area contributed by atoms with Crippen LogP contribution >= 0.6 is 0 Å². The van der Waals surface area contributed by atoms with E-state index in [0.29, 0.717) is 6.42 Å². The zero-order valence-electron chi connectivity index (χ0n) is 17.5. The normalized spacial score (nSPS) is 10.5. The lowest BCUT2D eigenvalue weighted by molar-refractivity contribution is -0.154. The first-order valence-electron chi connectivity index (χ1n) is 10.9. The van der Waals surface area contributed by atoms with Gasteiger partial charge in [0.15, 0.2) is 5.92 Å². The van der Waals surface area contributed by atoms with Crippen LogP contribution in [0, 0.1) is 5.92 Å². The van der Waals surface area contributed by atoms with Gasteiger partial charge in [0.05, 0.1) is 0 Å². The number of carbonyl (C=O) groups is 2. The third-order valence-corrected chi connectivity index (χ3v) is 4.60. The summed E-state index contributed by atoms with van der Waals surface area (Å²) in [5.41, 5.74) is 10.6. The van der Waals surface area contributed by atoms with Crippen molar-refractivity contribution in [1.29, 1.82) is 0 Å². The zero-order chi connectivity index (χ0) is 20.8. The fraction of sp³-hybridized carbons (Fsp3) is 0.905. The monoisotopic (exact) mass is 388 g/mol. The average Bonchev–Trinajstić information content (AvgIpc) is 2.63. The predicted octanol–water partition coefficient (Wildman–Crippen LogP) is 4.55. The summed E-state index contributed by atoms with van der Waals surface area (Å²) in [5.74, 6) is -3.67. The number of nitrogens with two attached hydrogens (primary N) is 2. The van der Waals surface area contributed by atoms with Gasteiger partial charge in [0.25, 0.3) is 0 Å². The molecule has 0 aliphatic carbocycles. The number of aliphatic carboxylic acids is 2. The lowest BCUT2D eigenvalue weighted by Crippen LogP contribution is -2.23. The van der Waals surface area contributed by atoms with Gasteiger partial charge < -0.3 is 21.7 Å². The Morgan fingerprint density at radius 2 is 0.963 bits per heavy atom. The van der Waals surface area contributed by atoms with Crippen molar-refractivity contribution in [2.45, 2.75) is 103 Å². The molecule has 0 aromatic heterocycles. The highest BCUT2D eigenvalue weighted by Gasteiger charge is 2.24. The molecule has 0 radical (unpaired) electrons. The molecule has 0 fully saturated rings. The van der Waals surface area contributed by atoms with Gasteiger partial charge in [0.1, 0.15) is 0 Å². The molecule has 6 nitrogen and oxygen atoms in total. The Hall–Kier alpha value is -1.14. The number of rotatable bonds is 18. The van der Waals surface area contributed by atoms with Crippen LogP contribution in [0.5, 0.6) is 0 Å². The van der Waals surface area contributed by atoms with Gasteiger partial charge in [-0.05, 0) is 32.4 Å². The van der Waals surface area contributed by atoms with E-state index in [9.17, 15) is 9.59 Å². The summed E-state index contributed by atoms with van der Waals surface area (Å²) < 4.78 is 0. The lowest BCUT2D eigenvalue weighted by Gasteiger charge is -2.06. The summed E-state index contributed by atoms with van der Waals surface area (Å²) in [4.78, 5) is 21.3. The van der Waals surface area contributed by atoms with E-state index < -0.39 is 17.9 Å². The topological polar surface area (TPSA) is 127 Å². The molecule has 0 amide bonds. The van der Waals surface area contributed by atoms with Gasteiger partial charge in [-0.1, -0.05) is 84.0 Å². The number of hydrogen-bond donors (Lipinski definition) is 4. The summed E-state index contributed by atoms with van der Waals surface area (Å²) in [5, 5.41) is 17.4. The second-order valence-corrected chi connectivity index (χ2v) is 7.19. The summed E-state index contributed by atoms with van der Waals surface area (Å²) in [6, 6.07) is 0. The minimum Gasteiger partial charge on any atom is -0.481 e. The van der Waals surface area contributed by atoms with Gasteiger partial charge in [0, 0.05) is 0 Å².